The molecule has 0 rings (SSSR count). The Bertz CT molecular complexity index is 243. The first-order chi connectivity index (χ1) is 6.90. The fourth-order valence-corrected chi connectivity index (χ4v) is 2.57. The van der Waals surface area contributed by atoms with Crippen molar-refractivity contribution in [1.82, 2.24) is 5.48 Å². The molecular formula is C8H17N3O3Se. The van der Waals surface area contributed by atoms with Gasteiger partial charge in [0.2, 0.25) is 0 Å². The number of rotatable bonds is 6. The number of amidine groups is 1. The predicted molar refractivity (Wildman–Crippen MR) is 58.5 cm³/mol. The summed E-state index contributed by atoms with van der Waals surface area (Å²) < 4.78 is 0. The molecule has 0 aliphatic carbocycles. The fourth-order valence-electron chi connectivity index (χ4n) is 0.659. The van der Waals surface area contributed by atoms with E-state index in [0.29, 0.717) is 17.7 Å². The van der Waals surface area contributed by atoms with Crippen LogP contribution in [0.2, 0.25) is 10.6 Å². The first-order valence-electron chi connectivity index (χ1n) is 4.41. The third-order valence-electron chi connectivity index (χ3n) is 1.64. The maximum absolute atomic E-state index is 10.7. The summed E-state index contributed by atoms with van der Waals surface area (Å²) in [6.45, 7) is 3.74. The van der Waals surface area contributed by atoms with Gasteiger partial charge in [0.25, 0.3) is 0 Å². The van der Waals surface area contributed by atoms with Crippen molar-refractivity contribution in [2.45, 2.75) is 30.0 Å². The number of nitrogens with one attached hydrogen (secondary N) is 1. The van der Waals surface area contributed by atoms with E-state index >= 15 is 0 Å². The number of hydrogen-bond donors (Lipinski definition) is 4. The van der Waals surface area contributed by atoms with Crippen LogP contribution in [0.4, 0.5) is 0 Å². The van der Waals surface area contributed by atoms with Crippen LogP contribution in [0.25, 0.3) is 0 Å². The van der Waals surface area contributed by atoms with Gasteiger partial charge in [-0.2, -0.15) is 0 Å². The number of carboxylic acids is 1. The molecule has 15 heavy (non-hydrogen) atoms. The molecule has 0 fully saturated rings. The molecule has 6 nitrogen and oxygen atoms in total. The zero-order valence-electron chi connectivity index (χ0n) is 8.86. The number of nitrogens with two attached hydrogens (primary N) is 1. The van der Waals surface area contributed by atoms with E-state index in [0.717, 1.165) is 5.32 Å². The second kappa shape index (κ2) is 6.79. The fraction of sp³-hybridized carbons (Fsp3) is 0.750. The van der Waals surface area contributed by atoms with Crippen LogP contribution in [0, 0.1) is 0 Å². The van der Waals surface area contributed by atoms with Crippen molar-refractivity contribution >= 4 is 26.8 Å². The van der Waals surface area contributed by atoms with Gasteiger partial charge in [-0.05, 0) is 0 Å². The van der Waals surface area contributed by atoms with Gasteiger partial charge < -0.3 is 0 Å². The predicted octanol–water partition coefficient (Wildman–Crippen LogP) is -0.274. The summed E-state index contributed by atoms with van der Waals surface area (Å²) in [6, 6.07) is 0. The Labute approximate surface area is 95.1 Å². The van der Waals surface area contributed by atoms with Gasteiger partial charge in [-0.25, -0.2) is 0 Å². The average Bonchev–Trinajstić information content (AvgIpc) is 2.16. The Kier molecular flexibility index (Phi) is 6.51. The molecule has 0 aromatic heterocycles. The van der Waals surface area contributed by atoms with E-state index in [1.54, 1.807) is 6.92 Å². The monoisotopic (exact) mass is 283 g/mol. The molecule has 0 heterocycles. The molecule has 0 aliphatic rings. The first-order valence-corrected chi connectivity index (χ1v) is 6.83. The standard InChI is InChI=1S/C8H17N3O3Se/c1-6(11-14)10-3-4-15-5-8(2,9)7(12)13/h14H,3-5,9H2,1-2H3,(H,10,11)(H,12,13). The summed E-state index contributed by atoms with van der Waals surface area (Å²) in [4.78, 5) is 14.6. The van der Waals surface area contributed by atoms with E-state index in [4.69, 9.17) is 16.0 Å². The molecule has 1 atom stereocenters. The number of aliphatic imine (C=N–C) groups is 1. The van der Waals surface area contributed by atoms with E-state index in [-0.39, 0.29) is 15.0 Å². The molecule has 0 spiro atoms. The maximum atomic E-state index is 10.7. The topological polar surface area (TPSA) is 108 Å². The minimum atomic E-state index is -1.13. The first kappa shape index (κ1) is 14.4. The van der Waals surface area contributed by atoms with Crippen LogP contribution < -0.4 is 11.2 Å². The molecule has 0 bridgehead atoms. The molecule has 7 heteroatoms. The van der Waals surface area contributed by atoms with Crippen LogP contribution in [-0.2, 0) is 4.79 Å². The summed E-state index contributed by atoms with van der Waals surface area (Å²) in [5, 5.41) is 18.5. The van der Waals surface area contributed by atoms with Gasteiger partial charge in [0, 0.05) is 0 Å². The molecule has 0 aromatic carbocycles. The van der Waals surface area contributed by atoms with Gasteiger partial charge in [0.1, 0.15) is 0 Å². The van der Waals surface area contributed by atoms with Gasteiger partial charge in [-0.3, -0.25) is 0 Å². The zero-order chi connectivity index (χ0) is 11.9. The Morgan fingerprint density at radius 2 is 2.27 bits per heavy atom. The number of nitrogens with zero attached hydrogens (tertiary/aromatic N) is 1. The molecule has 0 saturated carbocycles. The molecule has 88 valence electrons. The summed E-state index contributed by atoms with van der Waals surface area (Å²) in [5.41, 5.74) is 6.35. The van der Waals surface area contributed by atoms with Gasteiger partial charge >= 0.3 is 94.6 Å². The molecule has 0 radical (unpaired) electrons. The van der Waals surface area contributed by atoms with E-state index < -0.39 is 11.5 Å². The van der Waals surface area contributed by atoms with E-state index in [1.165, 1.54) is 6.92 Å². The van der Waals surface area contributed by atoms with Gasteiger partial charge in [-0.15, -0.1) is 0 Å². The SMILES string of the molecule is CC(=NCC[Se]CC(C)(N)C(=O)O)NO. The molecular weight excluding hydrogens is 265 g/mol. The van der Waals surface area contributed by atoms with Gasteiger partial charge in [-0.1, -0.05) is 0 Å². The van der Waals surface area contributed by atoms with E-state index in [9.17, 15) is 4.79 Å². The molecule has 1 unspecified atom stereocenters. The number of carbonyl (C=O) groups is 1. The number of hydrogen-bond acceptors (Lipinski definition) is 4. The van der Waals surface area contributed by atoms with Crippen molar-refractivity contribution in [2.75, 3.05) is 6.54 Å². The quantitative estimate of drug-likeness (QED) is 0.176. The molecule has 0 saturated heterocycles. The van der Waals surface area contributed by atoms with E-state index in [1.807, 2.05) is 5.48 Å². The molecule has 5 N–H and O–H groups in total. The molecule has 0 aliphatic heterocycles. The van der Waals surface area contributed by atoms with Crippen LogP contribution in [-0.4, -0.2) is 49.2 Å². The molecule has 0 amide bonds. The number of hydroxylamine groups is 1. The van der Waals surface area contributed by atoms with Gasteiger partial charge in [0.15, 0.2) is 0 Å². The van der Waals surface area contributed by atoms with Crippen molar-refractivity contribution in [1.29, 1.82) is 0 Å². The van der Waals surface area contributed by atoms with Crippen molar-refractivity contribution in [3.8, 4) is 0 Å². The summed E-state index contributed by atoms with van der Waals surface area (Å²) in [5.74, 6) is -0.513. The summed E-state index contributed by atoms with van der Waals surface area (Å²) in [6.07, 6.45) is 0. The second-order valence-electron chi connectivity index (χ2n) is 3.35. The van der Waals surface area contributed by atoms with Crippen LogP contribution in [0.15, 0.2) is 4.99 Å². The number of carboxylic acid groups (broad SMARTS) is 1. The third-order valence-corrected chi connectivity index (χ3v) is 4.31. The average molecular weight is 282 g/mol. The van der Waals surface area contributed by atoms with Crippen LogP contribution in [0.5, 0.6) is 0 Å². The molecule has 0 aromatic rings. The van der Waals surface area contributed by atoms with Crippen LogP contribution >= 0.6 is 0 Å². The van der Waals surface area contributed by atoms with Crippen LogP contribution in [0.1, 0.15) is 13.8 Å². The summed E-state index contributed by atoms with van der Waals surface area (Å²) >= 11 is 0.154. The Hall–Kier alpha value is -0.621. The third kappa shape index (κ3) is 6.46. The van der Waals surface area contributed by atoms with Crippen molar-refractivity contribution in [2.24, 2.45) is 10.7 Å². The van der Waals surface area contributed by atoms with E-state index in [2.05, 4.69) is 4.99 Å². The number of aliphatic carboxylic acids is 1. The van der Waals surface area contributed by atoms with Crippen molar-refractivity contribution < 1.29 is 15.1 Å². The van der Waals surface area contributed by atoms with Crippen LogP contribution in [0.3, 0.4) is 0 Å². The zero-order valence-corrected chi connectivity index (χ0v) is 10.6. The second-order valence-corrected chi connectivity index (χ2v) is 5.67. The summed E-state index contributed by atoms with van der Waals surface area (Å²) in [7, 11) is 0. The normalized spacial score (nSPS) is 15.9. The van der Waals surface area contributed by atoms with Crippen molar-refractivity contribution in [3.05, 3.63) is 0 Å². The minimum absolute atomic E-state index is 0.154. The Morgan fingerprint density at radius 1 is 1.67 bits per heavy atom. The van der Waals surface area contributed by atoms with Gasteiger partial charge in [0.05, 0.1) is 0 Å². The Morgan fingerprint density at radius 3 is 2.73 bits per heavy atom. The van der Waals surface area contributed by atoms with Crippen molar-refractivity contribution in [3.63, 3.8) is 0 Å². The Balaban J connectivity index is 3.68.